The Bertz CT molecular complexity index is 313. The Kier molecular flexibility index (Phi) is 1.37. The van der Waals surface area contributed by atoms with E-state index in [0.29, 0.717) is 5.82 Å². The molecule has 0 saturated heterocycles. The Balaban J connectivity index is 2.46. The monoisotopic (exact) mass is 145 g/mol. The molecular weight excluding hydrogens is 140 g/mol. The molecule has 0 bridgehead atoms. The third-order valence-electron chi connectivity index (χ3n) is 1.27. The fourth-order valence-corrected chi connectivity index (χ4v) is 0.791. The van der Waals surface area contributed by atoms with Crippen LogP contribution in [-0.4, -0.2) is 20.2 Å². The van der Waals surface area contributed by atoms with Gasteiger partial charge in [-0.25, -0.2) is 0 Å². The highest BCUT2D eigenvalue weighted by Gasteiger charge is 1.98. The molecule has 2 aromatic heterocycles. The zero-order valence-electron chi connectivity index (χ0n) is 5.65. The lowest BCUT2D eigenvalue weighted by molar-refractivity contribution is 1.09. The van der Waals surface area contributed by atoms with Crippen LogP contribution in [0.15, 0.2) is 24.7 Å². The second-order valence-corrected chi connectivity index (χ2v) is 1.98. The van der Waals surface area contributed by atoms with Crippen LogP contribution in [0.5, 0.6) is 0 Å². The first-order chi connectivity index (χ1) is 5.47. The zero-order valence-corrected chi connectivity index (χ0v) is 5.65. The molecule has 4 nitrogen and oxygen atoms in total. The van der Waals surface area contributed by atoms with Gasteiger partial charge in [0.2, 0.25) is 0 Å². The fourth-order valence-electron chi connectivity index (χ4n) is 0.791. The molecule has 0 aliphatic heterocycles. The quantitative estimate of drug-likeness (QED) is 0.641. The van der Waals surface area contributed by atoms with Gasteiger partial charge in [-0.1, -0.05) is 6.07 Å². The van der Waals surface area contributed by atoms with Gasteiger partial charge >= 0.3 is 0 Å². The van der Waals surface area contributed by atoms with E-state index in [1.165, 1.54) is 6.33 Å². The maximum Gasteiger partial charge on any atom is 0.179 e. The van der Waals surface area contributed by atoms with Crippen molar-refractivity contribution in [2.24, 2.45) is 0 Å². The second-order valence-electron chi connectivity index (χ2n) is 1.98. The van der Waals surface area contributed by atoms with E-state index in [2.05, 4.69) is 26.2 Å². The normalized spacial score (nSPS) is 9.82. The summed E-state index contributed by atoms with van der Waals surface area (Å²) in [7, 11) is 0. The number of hydrogen-bond acceptors (Lipinski definition) is 3. The van der Waals surface area contributed by atoms with Crippen molar-refractivity contribution in [3.63, 3.8) is 0 Å². The van der Waals surface area contributed by atoms with Gasteiger partial charge in [-0.3, -0.25) is 4.98 Å². The van der Waals surface area contributed by atoms with E-state index in [1.54, 1.807) is 12.3 Å². The number of nitrogens with zero attached hydrogens (tertiary/aromatic N) is 3. The van der Waals surface area contributed by atoms with E-state index in [-0.39, 0.29) is 0 Å². The van der Waals surface area contributed by atoms with Crippen LogP contribution in [0.1, 0.15) is 0 Å². The lowest BCUT2D eigenvalue weighted by atomic mass is 10.3. The van der Waals surface area contributed by atoms with E-state index < -0.39 is 0 Å². The Labute approximate surface area is 63.3 Å². The molecule has 0 aliphatic rings. The van der Waals surface area contributed by atoms with Crippen LogP contribution in [0.4, 0.5) is 0 Å². The molecule has 2 heterocycles. The molecule has 53 valence electrons. The molecule has 4 heteroatoms. The number of rotatable bonds is 1. The minimum Gasteiger partial charge on any atom is -0.326 e. The molecule has 0 spiro atoms. The average molecular weight is 145 g/mol. The minimum absolute atomic E-state index is 0.680. The molecule has 0 saturated carbocycles. The molecule has 0 aromatic carbocycles. The molecule has 0 fully saturated rings. The third-order valence-corrected chi connectivity index (χ3v) is 1.27. The Morgan fingerprint density at radius 2 is 2.45 bits per heavy atom. The van der Waals surface area contributed by atoms with Crippen molar-refractivity contribution in [3.05, 3.63) is 30.7 Å². The van der Waals surface area contributed by atoms with Crippen LogP contribution >= 0.6 is 0 Å². The maximum atomic E-state index is 4.03. The molecule has 0 amide bonds. The molecule has 0 atom stereocenters. The van der Waals surface area contributed by atoms with Gasteiger partial charge in [0, 0.05) is 12.3 Å². The number of hydrogen-bond donors (Lipinski definition) is 1. The highest BCUT2D eigenvalue weighted by molar-refractivity contribution is 5.46. The van der Waals surface area contributed by atoms with Gasteiger partial charge in [-0.15, -0.1) is 10.2 Å². The lowest BCUT2D eigenvalue weighted by Crippen LogP contribution is -1.83. The van der Waals surface area contributed by atoms with Crippen LogP contribution in [0.3, 0.4) is 0 Å². The van der Waals surface area contributed by atoms with Crippen LogP contribution < -0.4 is 0 Å². The van der Waals surface area contributed by atoms with Crippen molar-refractivity contribution < 1.29 is 0 Å². The van der Waals surface area contributed by atoms with Gasteiger partial charge in [-0.2, -0.15) is 0 Å². The molecule has 2 rings (SSSR count). The van der Waals surface area contributed by atoms with Gasteiger partial charge in [0.1, 0.15) is 12.0 Å². The van der Waals surface area contributed by atoms with Crippen molar-refractivity contribution in [2.45, 2.75) is 0 Å². The zero-order chi connectivity index (χ0) is 7.52. The number of nitrogens with one attached hydrogen (secondary N) is 1. The van der Waals surface area contributed by atoms with Crippen molar-refractivity contribution in [1.29, 1.82) is 0 Å². The Morgan fingerprint density at radius 1 is 1.45 bits per heavy atom. The Morgan fingerprint density at radius 3 is 3.09 bits per heavy atom. The Hall–Kier alpha value is -1.71. The molecular formula is C7H5N4. The van der Waals surface area contributed by atoms with E-state index in [9.17, 15) is 0 Å². The van der Waals surface area contributed by atoms with Gasteiger partial charge in [0.15, 0.2) is 5.82 Å². The first-order valence-electron chi connectivity index (χ1n) is 3.15. The summed E-state index contributed by atoms with van der Waals surface area (Å²) in [5, 5.41) is 7.45. The molecule has 0 unspecified atom stereocenters. The van der Waals surface area contributed by atoms with E-state index in [0.717, 1.165) is 5.69 Å². The smallest absolute Gasteiger partial charge is 0.179 e. The molecule has 2 aromatic rings. The predicted molar refractivity (Wildman–Crippen MR) is 38.4 cm³/mol. The van der Waals surface area contributed by atoms with Crippen LogP contribution in [-0.2, 0) is 0 Å². The molecule has 1 N–H and O–H groups in total. The van der Waals surface area contributed by atoms with Crippen LogP contribution in [0.2, 0.25) is 0 Å². The summed E-state index contributed by atoms with van der Waals surface area (Å²) in [6.07, 6.45) is 3.12. The van der Waals surface area contributed by atoms with Gasteiger partial charge in [0.05, 0.1) is 0 Å². The standard InChI is InChI=1S/C7H5N4/c1-2-4-8-6(3-1)7-9-5-10-11-7/h1,3-5H,(H,9,10,11). The van der Waals surface area contributed by atoms with Crippen molar-refractivity contribution >= 4 is 0 Å². The summed E-state index contributed by atoms with van der Waals surface area (Å²) in [5.74, 6) is 0.680. The van der Waals surface area contributed by atoms with Crippen molar-refractivity contribution in [1.82, 2.24) is 20.2 Å². The minimum atomic E-state index is 0.680. The predicted octanol–water partition coefficient (Wildman–Crippen LogP) is 0.667. The fraction of sp³-hybridized carbons (Fsp3) is 0. The summed E-state index contributed by atoms with van der Waals surface area (Å²) < 4.78 is 0. The first kappa shape index (κ1) is 6.03. The van der Waals surface area contributed by atoms with Crippen molar-refractivity contribution in [3.8, 4) is 11.5 Å². The SMILES string of the molecule is [c]1ccc(-c2nnc[nH]2)nc1. The van der Waals surface area contributed by atoms with Crippen molar-refractivity contribution in [2.75, 3.05) is 0 Å². The van der Waals surface area contributed by atoms with Gasteiger partial charge in [0.25, 0.3) is 0 Å². The molecule has 0 aliphatic carbocycles. The number of H-pyrrole nitrogens is 1. The summed E-state index contributed by atoms with van der Waals surface area (Å²) in [6.45, 7) is 0. The molecule has 1 radical (unpaired) electrons. The first-order valence-corrected chi connectivity index (χ1v) is 3.15. The third kappa shape index (κ3) is 1.10. The summed E-state index contributed by atoms with van der Waals surface area (Å²) >= 11 is 0. The van der Waals surface area contributed by atoms with Crippen LogP contribution in [0.25, 0.3) is 11.5 Å². The number of pyridine rings is 1. The van der Waals surface area contributed by atoms with Crippen LogP contribution in [0, 0.1) is 6.07 Å². The topological polar surface area (TPSA) is 54.5 Å². The number of aromatic nitrogens is 4. The summed E-state index contributed by atoms with van der Waals surface area (Å²) in [5.41, 5.74) is 0.779. The highest BCUT2D eigenvalue weighted by atomic mass is 15.2. The van der Waals surface area contributed by atoms with E-state index >= 15 is 0 Å². The number of aromatic amines is 1. The lowest BCUT2D eigenvalue weighted by Gasteiger charge is -1.90. The largest absolute Gasteiger partial charge is 0.326 e. The second kappa shape index (κ2) is 2.49. The highest BCUT2D eigenvalue weighted by Crippen LogP contribution is 2.06. The summed E-state index contributed by atoms with van der Waals surface area (Å²) in [6, 6.07) is 6.42. The van der Waals surface area contributed by atoms with E-state index in [1.807, 2.05) is 6.07 Å². The van der Waals surface area contributed by atoms with E-state index in [4.69, 9.17) is 0 Å². The van der Waals surface area contributed by atoms with Gasteiger partial charge < -0.3 is 4.98 Å². The maximum absolute atomic E-state index is 4.03. The van der Waals surface area contributed by atoms with Gasteiger partial charge in [-0.05, 0) is 6.07 Å². The summed E-state index contributed by atoms with van der Waals surface area (Å²) in [4.78, 5) is 6.89. The average Bonchev–Trinajstić information content (AvgIpc) is 2.58. The molecule has 11 heavy (non-hydrogen) atoms.